The summed E-state index contributed by atoms with van der Waals surface area (Å²) in [5.74, 6) is -2.49. The van der Waals surface area contributed by atoms with Crippen molar-refractivity contribution < 1.29 is 24.9 Å². The van der Waals surface area contributed by atoms with Gasteiger partial charge in [0.15, 0.2) is 12.1 Å². The molecule has 0 heterocycles. The van der Waals surface area contributed by atoms with Gasteiger partial charge in [0.05, 0.1) is 12.6 Å². The average Bonchev–Trinajstić information content (AvgIpc) is 2.50. The molecule has 0 aromatic heterocycles. The van der Waals surface area contributed by atoms with E-state index < -0.39 is 41.3 Å². The van der Waals surface area contributed by atoms with E-state index in [9.17, 15) is 20.0 Å². The van der Waals surface area contributed by atoms with Gasteiger partial charge in [0.2, 0.25) is 0 Å². The summed E-state index contributed by atoms with van der Waals surface area (Å²) >= 11 is 5.88. The molecular weight excluding hydrogens is 324 g/mol. The number of nitriles is 1. The molecule has 8 heteroatoms. The maximum atomic E-state index is 12.6. The highest BCUT2D eigenvalue weighted by molar-refractivity contribution is 6.32. The van der Waals surface area contributed by atoms with Gasteiger partial charge in [-0.25, -0.2) is 0 Å². The fraction of sp³-hybridized carbons (Fsp3) is 0.267. The summed E-state index contributed by atoms with van der Waals surface area (Å²) in [6.07, 6.45) is -1.82. The summed E-state index contributed by atoms with van der Waals surface area (Å²) in [5.41, 5.74) is -1.94. The van der Waals surface area contributed by atoms with Crippen molar-refractivity contribution in [2.45, 2.75) is 18.6 Å². The second kappa shape index (κ2) is 6.01. The SMILES string of the molecule is C[C@@]1(C#N)C(=O)C(C(=O)NCC(O)O)=C(O)c2cc(Cl)ccc21. The van der Waals surface area contributed by atoms with Gasteiger partial charge in [0.1, 0.15) is 16.7 Å². The highest BCUT2D eigenvalue weighted by atomic mass is 35.5. The standard InChI is InChI=1S/C15H13ClN2O5/c1-15(6-17)9-3-2-7(16)4-8(9)12(21)11(13(15)22)14(23)18-5-10(19)20/h2-4,10,19-21H,5H2,1H3,(H,18,23)/t15-/m0/s1. The Morgan fingerprint density at radius 2 is 2.13 bits per heavy atom. The minimum Gasteiger partial charge on any atom is -0.506 e. The van der Waals surface area contributed by atoms with Crippen molar-refractivity contribution in [3.8, 4) is 6.07 Å². The number of hydrogen-bond acceptors (Lipinski definition) is 6. The number of carbonyl (C=O) groups excluding carboxylic acids is 2. The molecule has 23 heavy (non-hydrogen) atoms. The van der Waals surface area contributed by atoms with E-state index in [0.29, 0.717) is 0 Å². The Morgan fingerprint density at radius 1 is 1.48 bits per heavy atom. The van der Waals surface area contributed by atoms with Crippen molar-refractivity contribution in [2.24, 2.45) is 0 Å². The van der Waals surface area contributed by atoms with Crippen LogP contribution in [0.25, 0.3) is 5.76 Å². The highest BCUT2D eigenvalue weighted by Gasteiger charge is 2.47. The maximum Gasteiger partial charge on any atom is 0.258 e. The summed E-state index contributed by atoms with van der Waals surface area (Å²) in [7, 11) is 0. The number of ketones is 1. The van der Waals surface area contributed by atoms with Crippen molar-refractivity contribution >= 4 is 29.1 Å². The van der Waals surface area contributed by atoms with Crippen molar-refractivity contribution in [2.75, 3.05) is 6.54 Å². The third-order valence-corrected chi connectivity index (χ3v) is 3.82. The van der Waals surface area contributed by atoms with Crippen LogP contribution >= 0.6 is 11.6 Å². The number of nitrogens with zero attached hydrogens (tertiary/aromatic N) is 1. The molecule has 0 radical (unpaired) electrons. The van der Waals surface area contributed by atoms with E-state index in [0.717, 1.165) is 0 Å². The monoisotopic (exact) mass is 336 g/mol. The molecule has 4 N–H and O–H groups in total. The Bertz CT molecular complexity index is 766. The number of benzene rings is 1. The van der Waals surface area contributed by atoms with Gasteiger partial charge < -0.3 is 20.6 Å². The summed E-state index contributed by atoms with van der Waals surface area (Å²) in [6, 6.07) is 6.13. The van der Waals surface area contributed by atoms with Crippen LogP contribution in [0.2, 0.25) is 5.02 Å². The summed E-state index contributed by atoms with van der Waals surface area (Å²) in [4.78, 5) is 24.7. The molecule has 1 atom stereocenters. The Morgan fingerprint density at radius 3 is 2.70 bits per heavy atom. The Balaban J connectivity index is 2.62. The average molecular weight is 337 g/mol. The van der Waals surface area contributed by atoms with Gasteiger partial charge in [-0.05, 0) is 24.6 Å². The van der Waals surface area contributed by atoms with E-state index in [1.165, 1.54) is 25.1 Å². The third kappa shape index (κ3) is 2.80. The number of aliphatic hydroxyl groups is 3. The van der Waals surface area contributed by atoms with E-state index in [-0.39, 0.29) is 16.1 Å². The lowest BCUT2D eigenvalue weighted by Gasteiger charge is -2.29. The Labute approximate surface area is 136 Å². The first kappa shape index (κ1) is 17.0. The van der Waals surface area contributed by atoms with Gasteiger partial charge in [-0.15, -0.1) is 0 Å². The number of hydrogen-bond donors (Lipinski definition) is 4. The van der Waals surface area contributed by atoms with E-state index in [1.807, 2.05) is 6.07 Å². The molecular formula is C15H13ClN2O5. The molecule has 0 unspecified atom stereocenters. The molecule has 7 nitrogen and oxygen atoms in total. The van der Waals surface area contributed by atoms with Gasteiger partial charge in [0.25, 0.3) is 5.91 Å². The molecule has 0 fully saturated rings. The number of rotatable bonds is 3. The molecule has 0 saturated carbocycles. The molecule has 120 valence electrons. The number of nitrogens with one attached hydrogen (secondary N) is 1. The van der Waals surface area contributed by atoms with Gasteiger partial charge in [-0.1, -0.05) is 17.7 Å². The number of aliphatic hydroxyl groups excluding tert-OH is 2. The first-order valence-corrected chi connectivity index (χ1v) is 6.94. The second-order valence-electron chi connectivity index (χ2n) is 5.17. The van der Waals surface area contributed by atoms with Gasteiger partial charge >= 0.3 is 0 Å². The third-order valence-electron chi connectivity index (χ3n) is 3.59. The predicted molar refractivity (Wildman–Crippen MR) is 80.2 cm³/mol. The molecule has 0 bridgehead atoms. The summed E-state index contributed by atoms with van der Waals surface area (Å²) < 4.78 is 0. The number of Topliss-reactive ketones (excluding diaryl/α,β-unsaturated/α-hetero) is 1. The first-order chi connectivity index (χ1) is 10.7. The lowest BCUT2D eigenvalue weighted by molar-refractivity contribution is -0.125. The largest absolute Gasteiger partial charge is 0.506 e. The Kier molecular flexibility index (Phi) is 4.43. The Hall–Kier alpha value is -2.40. The zero-order valence-electron chi connectivity index (χ0n) is 12.0. The molecule has 1 aromatic rings. The number of amides is 1. The quantitative estimate of drug-likeness (QED) is 0.467. The molecule has 0 aliphatic heterocycles. The molecule has 1 aromatic carbocycles. The summed E-state index contributed by atoms with van der Waals surface area (Å²) in [5, 5.41) is 39.6. The molecule has 1 amide bonds. The van der Waals surface area contributed by atoms with Crippen LogP contribution in [0.5, 0.6) is 0 Å². The van der Waals surface area contributed by atoms with E-state index in [4.69, 9.17) is 21.8 Å². The summed E-state index contributed by atoms with van der Waals surface area (Å²) in [6.45, 7) is 0.803. The van der Waals surface area contributed by atoms with Crippen LogP contribution in [0.15, 0.2) is 23.8 Å². The van der Waals surface area contributed by atoms with Crippen LogP contribution < -0.4 is 5.32 Å². The minimum atomic E-state index is -1.82. The maximum absolute atomic E-state index is 12.6. The minimum absolute atomic E-state index is 0.107. The molecule has 1 aliphatic carbocycles. The zero-order chi connectivity index (χ0) is 17.4. The lowest BCUT2D eigenvalue weighted by atomic mass is 9.70. The fourth-order valence-corrected chi connectivity index (χ4v) is 2.53. The number of carbonyl (C=O) groups is 2. The normalized spacial score (nSPS) is 20.3. The molecule has 2 rings (SSSR count). The zero-order valence-corrected chi connectivity index (χ0v) is 12.8. The van der Waals surface area contributed by atoms with E-state index >= 15 is 0 Å². The van der Waals surface area contributed by atoms with Crippen molar-refractivity contribution in [3.63, 3.8) is 0 Å². The van der Waals surface area contributed by atoms with Gasteiger partial charge in [0, 0.05) is 10.6 Å². The van der Waals surface area contributed by atoms with Crippen LogP contribution in [0.1, 0.15) is 18.1 Å². The number of halogens is 1. The second-order valence-corrected chi connectivity index (χ2v) is 5.61. The lowest BCUT2D eigenvalue weighted by Crippen LogP contribution is -2.43. The molecule has 0 saturated heterocycles. The molecule has 1 aliphatic rings. The van der Waals surface area contributed by atoms with Crippen LogP contribution in [0, 0.1) is 11.3 Å². The van der Waals surface area contributed by atoms with Crippen molar-refractivity contribution in [1.82, 2.24) is 5.32 Å². The van der Waals surface area contributed by atoms with Crippen LogP contribution in [0.3, 0.4) is 0 Å². The molecule has 0 spiro atoms. The van der Waals surface area contributed by atoms with Crippen LogP contribution in [0.4, 0.5) is 0 Å². The van der Waals surface area contributed by atoms with Crippen LogP contribution in [-0.2, 0) is 15.0 Å². The van der Waals surface area contributed by atoms with E-state index in [1.54, 1.807) is 0 Å². The van der Waals surface area contributed by atoms with Gasteiger partial charge in [-0.2, -0.15) is 5.26 Å². The topological polar surface area (TPSA) is 131 Å². The fourth-order valence-electron chi connectivity index (χ4n) is 2.36. The smallest absolute Gasteiger partial charge is 0.258 e. The first-order valence-electron chi connectivity index (χ1n) is 6.56. The van der Waals surface area contributed by atoms with Crippen LogP contribution in [-0.4, -0.2) is 39.8 Å². The number of fused-ring (bicyclic) bond motifs is 1. The highest BCUT2D eigenvalue weighted by Crippen LogP contribution is 2.40. The van der Waals surface area contributed by atoms with Crippen molar-refractivity contribution in [1.29, 1.82) is 5.26 Å². The predicted octanol–water partition coefficient (Wildman–Crippen LogP) is 0.400. The van der Waals surface area contributed by atoms with Gasteiger partial charge in [-0.3, -0.25) is 9.59 Å². The van der Waals surface area contributed by atoms with E-state index in [2.05, 4.69) is 5.32 Å². The van der Waals surface area contributed by atoms with Crippen molar-refractivity contribution in [3.05, 3.63) is 39.9 Å².